The van der Waals surface area contributed by atoms with Crippen molar-refractivity contribution in [3.63, 3.8) is 0 Å². The second-order valence-electron chi connectivity index (χ2n) is 5.26. The van der Waals surface area contributed by atoms with Gasteiger partial charge in [-0.05, 0) is 17.9 Å². The lowest BCUT2D eigenvalue weighted by atomic mass is 10.0. The highest BCUT2D eigenvalue weighted by molar-refractivity contribution is 5.75. The monoisotopic (exact) mass is 303 g/mol. The average molecular weight is 303 g/mol. The van der Waals surface area contributed by atoms with Crippen LogP contribution >= 0.6 is 0 Å². The number of carbonyl (C=O) groups is 1. The Balaban J connectivity index is 3.01. The number of ether oxygens (including phenoxy) is 1. The Labute approximate surface area is 122 Å². The molecule has 118 valence electrons. The Kier molecular flexibility index (Phi) is 6.20. The molecule has 0 bridgehead atoms. The molecule has 0 heterocycles. The Bertz CT molecular complexity index is 446. The van der Waals surface area contributed by atoms with Crippen molar-refractivity contribution < 1.29 is 22.7 Å². The maximum Gasteiger partial charge on any atom is 0.407 e. The summed E-state index contributed by atoms with van der Waals surface area (Å²) in [7, 11) is 1.17. The predicted octanol–water partition coefficient (Wildman–Crippen LogP) is 3.47. The fraction of sp³-hybridized carbons (Fsp3) is 0.533. The minimum Gasteiger partial charge on any atom is -0.468 e. The summed E-state index contributed by atoms with van der Waals surface area (Å²) in [4.78, 5) is 11.7. The molecule has 0 aliphatic rings. The molecule has 0 saturated carbocycles. The number of carbonyl (C=O) groups excluding carboxylic acids is 1. The lowest BCUT2D eigenvalue weighted by molar-refractivity contribution is -0.164. The topological polar surface area (TPSA) is 38.3 Å². The van der Waals surface area contributed by atoms with E-state index in [1.165, 1.54) is 31.4 Å². The van der Waals surface area contributed by atoms with E-state index in [4.69, 9.17) is 0 Å². The van der Waals surface area contributed by atoms with E-state index in [0.29, 0.717) is 0 Å². The van der Waals surface area contributed by atoms with Gasteiger partial charge in [0.2, 0.25) is 0 Å². The SMILES string of the molecule is COC(=O)[C@H](CC(C)C)N[C@H](c1ccccc1)C(F)(F)F. The van der Waals surface area contributed by atoms with Crippen molar-refractivity contribution in [1.29, 1.82) is 0 Å². The fourth-order valence-corrected chi connectivity index (χ4v) is 2.07. The number of nitrogens with one attached hydrogen (secondary N) is 1. The summed E-state index contributed by atoms with van der Waals surface area (Å²) in [5.74, 6) is -0.625. The number of methoxy groups -OCH3 is 1. The van der Waals surface area contributed by atoms with Gasteiger partial charge in [0.15, 0.2) is 0 Å². The van der Waals surface area contributed by atoms with Gasteiger partial charge < -0.3 is 4.74 Å². The highest BCUT2D eigenvalue weighted by Crippen LogP contribution is 2.33. The zero-order valence-electron chi connectivity index (χ0n) is 12.3. The minimum absolute atomic E-state index is 0.0613. The molecule has 1 N–H and O–H groups in total. The molecule has 21 heavy (non-hydrogen) atoms. The van der Waals surface area contributed by atoms with Crippen molar-refractivity contribution in [2.75, 3.05) is 7.11 Å². The van der Waals surface area contributed by atoms with Crippen LogP contribution in [0.3, 0.4) is 0 Å². The van der Waals surface area contributed by atoms with Crippen LogP contribution in [0.25, 0.3) is 0 Å². The Hall–Kier alpha value is -1.56. The standard InChI is InChI=1S/C15H20F3NO2/c1-10(2)9-12(14(20)21-3)19-13(15(16,17)18)11-7-5-4-6-8-11/h4-8,10,12-13,19H,9H2,1-3H3/t12-,13+/m0/s1. The molecule has 0 aliphatic heterocycles. The second kappa shape index (κ2) is 7.45. The molecule has 3 nitrogen and oxygen atoms in total. The predicted molar refractivity (Wildman–Crippen MR) is 73.6 cm³/mol. The van der Waals surface area contributed by atoms with E-state index in [1.54, 1.807) is 6.07 Å². The summed E-state index contributed by atoms with van der Waals surface area (Å²) in [5.41, 5.74) is 0.0719. The van der Waals surface area contributed by atoms with Gasteiger partial charge in [-0.15, -0.1) is 0 Å². The van der Waals surface area contributed by atoms with Crippen molar-refractivity contribution in [2.45, 2.75) is 38.5 Å². The van der Waals surface area contributed by atoms with Crippen molar-refractivity contribution in [2.24, 2.45) is 5.92 Å². The fourth-order valence-electron chi connectivity index (χ4n) is 2.07. The molecule has 0 unspecified atom stereocenters. The maximum absolute atomic E-state index is 13.3. The lowest BCUT2D eigenvalue weighted by Gasteiger charge is -2.27. The van der Waals surface area contributed by atoms with E-state index < -0.39 is 24.2 Å². The summed E-state index contributed by atoms with van der Waals surface area (Å²) in [6.45, 7) is 3.67. The molecule has 0 fully saturated rings. The first-order valence-corrected chi connectivity index (χ1v) is 6.71. The molecule has 0 aromatic heterocycles. The summed E-state index contributed by atoms with van der Waals surface area (Å²) < 4.78 is 44.4. The third kappa shape index (κ3) is 5.38. The van der Waals surface area contributed by atoms with Crippen LogP contribution < -0.4 is 5.32 Å². The van der Waals surface area contributed by atoms with Gasteiger partial charge in [-0.2, -0.15) is 13.2 Å². The maximum atomic E-state index is 13.3. The van der Waals surface area contributed by atoms with Crippen molar-refractivity contribution in [3.05, 3.63) is 35.9 Å². The van der Waals surface area contributed by atoms with Crippen LogP contribution in [0.1, 0.15) is 31.9 Å². The zero-order valence-corrected chi connectivity index (χ0v) is 12.3. The van der Waals surface area contributed by atoms with E-state index in [2.05, 4.69) is 10.1 Å². The molecule has 6 heteroatoms. The first-order chi connectivity index (χ1) is 9.75. The average Bonchev–Trinajstić information content (AvgIpc) is 2.41. The Morgan fingerprint density at radius 1 is 1.24 bits per heavy atom. The van der Waals surface area contributed by atoms with Crippen LogP contribution in [0, 0.1) is 5.92 Å². The summed E-state index contributed by atoms with van der Waals surface area (Å²) in [6.07, 6.45) is -4.23. The van der Waals surface area contributed by atoms with Gasteiger partial charge in [-0.25, -0.2) is 0 Å². The summed E-state index contributed by atoms with van der Waals surface area (Å²) >= 11 is 0. The smallest absolute Gasteiger partial charge is 0.407 e. The number of rotatable bonds is 6. The van der Waals surface area contributed by atoms with Crippen LogP contribution in [-0.2, 0) is 9.53 Å². The molecule has 0 aliphatic carbocycles. The molecule has 0 amide bonds. The summed E-state index contributed by atoms with van der Waals surface area (Å²) in [6, 6.07) is 4.58. The van der Waals surface area contributed by atoms with Crippen LogP contribution in [0.5, 0.6) is 0 Å². The Morgan fingerprint density at radius 3 is 2.24 bits per heavy atom. The quantitative estimate of drug-likeness (QED) is 0.818. The number of benzene rings is 1. The van der Waals surface area contributed by atoms with Gasteiger partial charge in [-0.3, -0.25) is 10.1 Å². The largest absolute Gasteiger partial charge is 0.468 e. The minimum atomic E-state index is -4.50. The van der Waals surface area contributed by atoms with E-state index in [1.807, 2.05) is 13.8 Å². The van der Waals surface area contributed by atoms with Gasteiger partial charge in [0.1, 0.15) is 12.1 Å². The Morgan fingerprint density at radius 2 is 1.81 bits per heavy atom. The number of halogens is 3. The van der Waals surface area contributed by atoms with Crippen LogP contribution in [0.15, 0.2) is 30.3 Å². The molecule has 1 rings (SSSR count). The first kappa shape index (κ1) is 17.5. The number of hydrogen-bond acceptors (Lipinski definition) is 3. The van der Waals surface area contributed by atoms with Crippen molar-refractivity contribution >= 4 is 5.97 Å². The molecular weight excluding hydrogens is 283 g/mol. The van der Waals surface area contributed by atoms with Crippen LogP contribution in [0.2, 0.25) is 0 Å². The number of hydrogen-bond donors (Lipinski definition) is 1. The van der Waals surface area contributed by atoms with E-state index >= 15 is 0 Å². The lowest BCUT2D eigenvalue weighted by Crippen LogP contribution is -2.45. The molecule has 0 saturated heterocycles. The second-order valence-corrected chi connectivity index (χ2v) is 5.26. The van der Waals surface area contributed by atoms with E-state index in [-0.39, 0.29) is 17.9 Å². The summed E-state index contributed by atoms with van der Waals surface area (Å²) in [5, 5.41) is 2.39. The first-order valence-electron chi connectivity index (χ1n) is 6.71. The van der Waals surface area contributed by atoms with Gasteiger partial charge in [0.05, 0.1) is 7.11 Å². The molecule has 0 spiro atoms. The van der Waals surface area contributed by atoms with Crippen LogP contribution in [0.4, 0.5) is 13.2 Å². The van der Waals surface area contributed by atoms with E-state index in [0.717, 1.165) is 0 Å². The number of alkyl halides is 3. The normalized spacial score (nSPS) is 14.8. The molecular formula is C15H20F3NO2. The highest BCUT2D eigenvalue weighted by Gasteiger charge is 2.42. The van der Waals surface area contributed by atoms with Crippen molar-refractivity contribution in [3.8, 4) is 0 Å². The van der Waals surface area contributed by atoms with Crippen molar-refractivity contribution in [1.82, 2.24) is 5.32 Å². The molecule has 1 aromatic carbocycles. The van der Waals surface area contributed by atoms with E-state index in [9.17, 15) is 18.0 Å². The van der Waals surface area contributed by atoms with Gasteiger partial charge in [0, 0.05) is 0 Å². The van der Waals surface area contributed by atoms with Gasteiger partial charge in [-0.1, -0.05) is 44.2 Å². The zero-order chi connectivity index (χ0) is 16.0. The number of esters is 1. The van der Waals surface area contributed by atoms with Gasteiger partial charge in [0.25, 0.3) is 0 Å². The molecule has 2 atom stereocenters. The molecule has 1 aromatic rings. The third-order valence-electron chi connectivity index (χ3n) is 3.02. The highest BCUT2D eigenvalue weighted by atomic mass is 19.4. The molecule has 0 radical (unpaired) electrons. The van der Waals surface area contributed by atoms with Crippen LogP contribution in [-0.4, -0.2) is 25.3 Å². The third-order valence-corrected chi connectivity index (χ3v) is 3.02. The van der Waals surface area contributed by atoms with Gasteiger partial charge >= 0.3 is 12.1 Å².